The largest absolute Gasteiger partial charge is 0.491 e. The van der Waals surface area contributed by atoms with E-state index in [4.69, 9.17) is 4.74 Å². The van der Waals surface area contributed by atoms with Crippen LogP contribution in [0.3, 0.4) is 0 Å². The average Bonchev–Trinajstić information content (AvgIpc) is 2.98. The number of carbonyl (C=O) groups excluding carboxylic acids is 1. The highest BCUT2D eigenvalue weighted by Gasteiger charge is 2.11. The Morgan fingerprint density at radius 1 is 1.12 bits per heavy atom. The monoisotopic (exact) mass is 335 g/mol. The van der Waals surface area contributed by atoms with Gasteiger partial charge in [0.05, 0.1) is 12.2 Å². The van der Waals surface area contributed by atoms with E-state index < -0.39 is 0 Å². The molecule has 5 nitrogen and oxygen atoms in total. The van der Waals surface area contributed by atoms with Crippen LogP contribution >= 0.6 is 0 Å². The zero-order valence-corrected chi connectivity index (χ0v) is 14.4. The standard InChI is InChI=1S/C20H21N3O2/c1-15-14-18(23(2)22-15)20(24)21-12-13-25-19-11-7-6-10-17(19)16-8-4-3-5-9-16/h3-11,14H,12-13H2,1-2H3,(H,21,24). The number of nitrogens with zero attached hydrogens (tertiary/aromatic N) is 2. The van der Waals surface area contributed by atoms with Crippen LogP contribution in [0.2, 0.25) is 0 Å². The second-order valence-electron chi connectivity index (χ2n) is 5.76. The quantitative estimate of drug-likeness (QED) is 0.704. The topological polar surface area (TPSA) is 56.1 Å². The first-order valence-corrected chi connectivity index (χ1v) is 8.21. The molecule has 0 saturated carbocycles. The number of rotatable bonds is 6. The smallest absolute Gasteiger partial charge is 0.269 e. The van der Waals surface area contributed by atoms with E-state index in [0.29, 0.717) is 18.8 Å². The number of benzene rings is 2. The number of hydrogen-bond donors (Lipinski definition) is 1. The summed E-state index contributed by atoms with van der Waals surface area (Å²) >= 11 is 0. The Morgan fingerprint density at radius 2 is 1.84 bits per heavy atom. The van der Waals surface area contributed by atoms with Crippen LogP contribution in [0.25, 0.3) is 11.1 Å². The van der Waals surface area contributed by atoms with Crippen LogP contribution < -0.4 is 10.1 Å². The van der Waals surface area contributed by atoms with Crippen molar-refractivity contribution in [3.8, 4) is 16.9 Å². The first-order valence-electron chi connectivity index (χ1n) is 8.21. The maximum atomic E-state index is 12.2. The summed E-state index contributed by atoms with van der Waals surface area (Å²) in [6.45, 7) is 2.68. The van der Waals surface area contributed by atoms with Crippen molar-refractivity contribution in [2.24, 2.45) is 7.05 Å². The van der Waals surface area contributed by atoms with Crippen LogP contribution in [0.4, 0.5) is 0 Å². The Balaban J connectivity index is 1.58. The van der Waals surface area contributed by atoms with E-state index in [0.717, 1.165) is 22.6 Å². The van der Waals surface area contributed by atoms with Gasteiger partial charge in [-0.3, -0.25) is 9.48 Å². The molecular formula is C20H21N3O2. The zero-order chi connectivity index (χ0) is 17.6. The molecule has 2 aromatic carbocycles. The number of ether oxygens (including phenoxy) is 1. The predicted octanol–water partition coefficient (Wildman–Crippen LogP) is 3.20. The van der Waals surface area contributed by atoms with Gasteiger partial charge in [-0.05, 0) is 24.6 Å². The van der Waals surface area contributed by atoms with E-state index in [1.807, 2.05) is 49.4 Å². The van der Waals surface area contributed by atoms with Crippen molar-refractivity contribution in [1.82, 2.24) is 15.1 Å². The van der Waals surface area contributed by atoms with Gasteiger partial charge in [0.2, 0.25) is 0 Å². The molecule has 3 aromatic rings. The molecule has 5 heteroatoms. The minimum atomic E-state index is -0.150. The lowest BCUT2D eigenvalue weighted by molar-refractivity contribution is 0.0937. The first kappa shape index (κ1) is 16.8. The third-order valence-electron chi connectivity index (χ3n) is 3.85. The molecule has 0 radical (unpaired) electrons. The van der Waals surface area contributed by atoms with Gasteiger partial charge in [0.15, 0.2) is 0 Å². The summed E-state index contributed by atoms with van der Waals surface area (Å²) in [5.74, 6) is 0.655. The van der Waals surface area contributed by atoms with Gasteiger partial charge >= 0.3 is 0 Å². The number of hydrogen-bond acceptors (Lipinski definition) is 3. The molecule has 0 fully saturated rings. The van der Waals surface area contributed by atoms with Crippen molar-refractivity contribution in [3.63, 3.8) is 0 Å². The highest BCUT2D eigenvalue weighted by Crippen LogP contribution is 2.29. The van der Waals surface area contributed by atoms with E-state index in [1.54, 1.807) is 17.8 Å². The van der Waals surface area contributed by atoms with Crippen LogP contribution in [-0.2, 0) is 7.05 Å². The van der Waals surface area contributed by atoms with E-state index in [-0.39, 0.29) is 5.91 Å². The van der Waals surface area contributed by atoms with E-state index in [2.05, 4.69) is 22.5 Å². The molecule has 0 unspecified atom stereocenters. The van der Waals surface area contributed by atoms with Gasteiger partial charge < -0.3 is 10.1 Å². The Morgan fingerprint density at radius 3 is 2.56 bits per heavy atom. The van der Waals surface area contributed by atoms with Crippen molar-refractivity contribution < 1.29 is 9.53 Å². The molecule has 0 aliphatic rings. The van der Waals surface area contributed by atoms with Crippen LogP contribution in [0.5, 0.6) is 5.75 Å². The van der Waals surface area contributed by atoms with Crippen LogP contribution in [0.15, 0.2) is 60.7 Å². The van der Waals surface area contributed by atoms with Crippen molar-refractivity contribution >= 4 is 5.91 Å². The van der Waals surface area contributed by atoms with Crippen LogP contribution in [0, 0.1) is 6.92 Å². The molecule has 3 rings (SSSR count). The molecule has 0 bridgehead atoms. The second kappa shape index (κ2) is 7.66. The Kier molecular flexibility index (Phi) is 5.14. The first-order chi connectivity index (χ1) is 12.1. The summed E-state index contributed by atoms with van der Waals surface area (Å²) < 4.78 is 7.46. The lowest BCUT2D eigenvalue weighted by Crippen LogP contribution is -2.29. The number of amides is 1. The summed E-state index contributed by atoms with van der Waals surface area (Å²) in [5.41, 5.74) is 3.51. The van der Waals surface area contributed by atoms with Gasteiger partial charge in [0, 0.05) is 12.6 Å². The third kappa shape index (κ3) is 4.07. The molecule has 1 N–H and O–H groups in total. The molecule has 1 amide bonds. The molecule has 1 heterocycles. The molecule has 128 valence electrons. The highest BCUT2D eigenvalue weighted by atomic mass is 16.5. The van der Waals surface area contributed by atoms with Gasteiger partial charge in [-0.25, -0.2) is 0 Å². The van der Waals surface area contributed by atoms with E-state index in [1.165, 1.54) is 0 Å². The molecule has 25 heavy (non-hydrogen) atoms. The number of nitrogens with one attached hydrogen (secondary N) is 1. The van der Waals surface area contributed by atoms with E-state index >= 15 is 0 Å². The second-order valence-corrected chi connectivity index (χ2v) is 5.76. The van der Waals surface area contributed by atoms with Crippen molar-refractivity contribution in [3.05, 3.63) is 72.1 Å². The van der Waals surface area contributed by atoms with Crippen molar-refractivity contribution in [2.45, 2.75) is 6.92 Å². The van der Waals surface area contributed by atoms with Crippen LogP contribution in [0.1, 0.15) is 16.2 Å². The predicted molar refractivity (Wildman–Crippen MR) is 97.7 cm³/mol. The molecule has 0 aliphatic heterocycles. The van der Waals surface area contributed by atoms with Gasteiger partial charge in [0.25, 0.3) is 5.91 Å². The SMILES string of the molecule is Cc1cc(C(=O)NCCOc2ccccc2-c2ccccc2)n(C)n1. The number of aromatic nitrogens is 2. The molecule has 0 spiro atoms. The highest BCUT2D eigenvalue weighted by molar-refractivity contribution is 5.92. The molecule has 1 aromatic heterocycles. The normalized spacial score (nSPS) is 10.5. The zero-order valence-electron chi connectivity index (χ0n) is 14.4. The van der Waals surface area contributed by atoms with Crippen molar-refractivity contribution in [1.29, 1.82) is 0 Å². The number of aryl methyl sites for hydroxylation is 2. The average molecular weight is 335 g/mol. The molecular weight excluding hydrogens is 314 g/mol. The minimum Gasteiger partial charge on any atom is -0.491 e. The molecule has 0 atom stereocenters. The Labute approximate surface area is 147 Å². The fourth-order valence-electron chi connectivity index (χ4n) is 2.69. The number of para-hydroxylation sites is 1. The third-order valence-corrected chi connectivity index (χ3v) is 3.85. The Hall–Kier alpha value is -3.08. The van der Waals surface area contributed by atoms with Gasteiger partial charge in [0.1, 0.15) is 18.1 Å². The fourth-order valence-corrected chi connectivity index (χ4v) is 2.69. The minimum absolute atomic E-state index is 0.150. The summed E-state index contributed by atoms with van der Waals surface area (Å²) in [4.78, 5) is 12.2. The van der Waals surface area contributed by atoms with Gasteiger partial charge in [-0.15, -0.1) is 0 Å². The lowest BCUT2D eigenvalue weighted by atomic mass is 10.1. The summed E-state index contributed by atoms with van der Waals surface area (Å²) in [5, 5.41) is 7.04. The van der Waals surface area contributed by atoms with Gasteiger partial charge in [-0.2, -0.15) is 5.10 Å². The summed E-state index contributed by atoms with van der Waals surface area (Å²) in [7, 11) is 1.76. The molecule has 0 saturated heterocycles. The lowest BCUT2D eigenvalue weighted by Gasteiger charge is -2.12. The van der Waals surface area contributed by atoms with Crippen molar-refractivity contribution in [2.75, 3.05) is 13.2 Å². The molecule has 0 aliphatic carbocycles. The maximum absolute atomic E-state index is 12.2. The summed E-state index contributed by atoms with van der Waals surface area (Å²) in [6, 6.07) is 19.8. The van der Waals surface area contributed by atoms with E-state index in [9.17, 15) is 4.79 Å². The Bertz CT molecular complexity index is 856. The maximum Gasteiger partial charge on any atom is 0.269 e. The van der Waals surface area contributed by atoms with Gasteiger partial charge in [-0.1, -0.05) is 48.5 Å². The number of carbonyl (C=O) groups is 1. The summed E-state index contributed by atoms with van der Waals surface area (Å²) in [6.07, 6.45) is 0. The van der Waals surface area contributed by atoms with Crippen LogP contribution in [-0.4, -0.2) is 28.8 Å². The fraction of sp³-hybridized carbons (Fsp3) is 0.200.